The molecule has 72 valence electrons. The first-order chi connectivity index (χ1) is 6.65. The number of aryl methyl sites for hydroxylation is 1. The largest absolute Gasteiger partial charge is 0.275 e. The molecular formula is C10H8F2N2. The molecule has 2 nitrogen and oxygen atoms in total. The Labute approximate surface area is 79.8 Å². The van der Waals surface area contributed by atoms with Gasteiger partial charge < -0.3 is 0 Å². The van der Waals surface area contributed by atoms with Crippen LogP contribution in [0.2, 0.25) is 0 Å². The van der Waals surface area contributed by atoms with Gasteiger partial charge in [0.2, 0.25) is 0 Å². The summed E-state index contributed by atoms with van der Waals surface area (Å²) in [6.07, 6.45) is 1.72. The molecule has 2 rings (SSSR count). The molecule has 0 saturated heterocycles. The number of benzene rings is 1. The molecule has 0 saturated carbocycles. The maximum Gasteiger partial charge on any atom is 0.126 e. The summed E-state index contributed by atoms with van der Waals surface area (Å²) in [6, 6.07) is 5.05. The third kappa shape index (κ3) is 1.64. The van der Waals surface area contributed by atoms with Gasteiger partial charge in [-0.1, -0.05) is 0 Å². The van der Waals surface area contributed by atoms with Gasteiger partial charge in [-0.25, -0.2) is 8.78 Å². The van der Waals surface area contributed by atoms with E-state index in [0.717, 1.165) is 6.07 Å². The summed E-state index contributed by atoms with van der Waals surface area (Å²) in [6.45, 7) is 0. The van der Waals surface area contributed by atoms with Crippen LogP contribution in [0.25, 0.3) is 11.3 Å². The van der Waals surface area contributed by atoms with Crippen LogP contribution in [0.1, 0.15) is 0 Å². The smallest absolute Gasteiger partial charge is 0.126 e. The van der Waals surface area contributed by atoms with Crippen molar-refractivity contribution in [3.63, 3.8) is 0 Å². The lowest BCUT2D eigenvalue weighted by Gasteiger charge is -1.97. The van der Waals surface area contributed by atoms with Crippen LogP contribution in [-0.2, 0) is 7.05 Å². The van der Waals surface area contributed by atoms with Gasteiger partial charge in [0.25, 0.3) is 0 Å². The van der Waals surface area contributed by atoms with E-state index in [1.807, 2.05) is 0 Å². The summed E-state index contributed by atoms with van der Waals surface area (Å²) < 4.78 is 27.3. The summed E-state index contributed by atoms with van der Waals surface area (Å²) in [5.74, 6) is -1.18. The van der Waals surface area contributed by atoms with Crippen LogP contribution in [0.5, 0.6) is 0 Å². The van der Waals surface area contributed by atoms with E-state index in [9.17, 15) is 8.78 Å². The van der Waals surface area contributed by atoms with Crippen molar-refractivity contribution in [2.75, 3.05) is 0 Å². The van der Waals surface area contributed by atoms with Crippen LogP contribution in [0.15, 0.2) is 30.5 Å². The average molecular weight is 194 g/mol. The number of rotatable bonds is 1. The molecular weight excluding hydrogens is 186 g/mol. The third-order valence-electron chi connectivity index (χ3n) is 1.87. The van der Waals surface area contributed by atoms with E-state index >= 15 is 0 Å². The Morgan fingerprint density at radius 2 is 1.79 bits per heavy atom. The minimum Gasteiger partial charge on any atom is -0.275 e. The van der Waals surface area contributed by atoms with Gasteiger partial charge >= 0.3 is 0 Å². The fourth-order valence-corrected chi connectivity index (χ4v) is 1.27. The second kappa shape index (κ2) is 3.21. The van der Waals surface area contributed by atoms with Gasteiger partial charge in [-0.3, -0.25) is 4.68 Å². The highest BCUT2D eigenvalue weighted by atomic mass is 19.1. The maximum absolute atomic E-state index is 12.8. The quantitative estimate of drug-likeness (QED) is 0.681. The van der Waals surface area contributed by atoms with Crippen LogP contribution in [0.4, 0.5) is 8.78 Å². The maximum atomic E-state index is 12.8. The molecule has 0 bridgehead atoms. The van der Waals surface area contributed by atoms with Crippen molar-refractivity contribution >= 4 is 0 Å². The Hall–Kier alpha value is -1.71. The fraction of sp³-hybridized carbons (Fsp3) is 0.100. The lowest BCUT2D eigenvalue weighted by molar-refractivity contribution is 0.584. The molecule has 0 aliphatic carbocycles. The molecule has 0 spiro atoms. The van der Waals surface area contributed by atoms with E-state index in [-0.39, 0.29) is 0 Å². The molecule has 14 heavy (non-hydrogen) atoms. The molecule has 0 fully saturated rings. The summed E-state index contributed by atoms with van der Waals surface area (Å²) >= 11 is 0. The zero-order chi connectivity index (χ0) is 10.1. The molecule has 1 aromatic heterocycles. The second-order valence-electron chi connectivity index (χ2n) is 3.03. The van der Waals surface area contributed by atoms with Gasteiger partial charge in [-0.05, 0) is 18.2 Å². The predicted molar refractivity (Wildman–Crippen MR) is 48.6 cm³/mol. The monoisotopic (exact) mass is 194 g/mol. The summed E-state index contributed by atoms with van der Waals surface area (Å²) in [5.41, 5.74) is 1.01. The minimum atomic E-state index is -0.592. The molecule has 0 aliphatic rings. The van der Waals surface area contributed by atoms with Crippen LogP contribution in [-0.4, -0.2) is 9.78 Å². The summed E-state index contributed by atoms with van der Waals surface area (Å²) in [4.78, 5) is 0. The van der Waals surface area contributed by atoms with Crippen molar-refractivity contribution in [1.29, 1.82) is 0 Å². The van der Waals surface area contributed by atoms with Crippen LogP contribution in [0, 0.1) is 11.6 Å². The van der Waals surface area contributed by atoms with Crippen molar-refractivity contribution in [3.05, 3.63) is 42.1 Å². The van der Waals surface area contributed by atoms with Gasteiger partial charge in [0.1, 0.15) is 11.6 Å². The molecule has 1 heterocycles. The predicted octanol–water partition coefficient (Wildman–Crippen LogP) is 2.37. The van der Waals surface area contributed by atoms with Gasteiger partial charge in [-0.2, -0.15) is 5.10 Å². The molecule has 0 radical (unpaired) electrons. The first-order valence-corrected chi connectivity index (χ1v) is 4.11. The number of nitrogens with zero attached hydrogens (tertiary/aromatic N) is 2. The minimum absolute atomic E-state index is 0.447. The summed E-state index contributed by atoms with van der Waals surface area (Å²) in [5, 5.41) is 4.05. The highest BCUT2D eigenvalue weighted by molar-refractivity contribution is 5.58. The van der Waals surface area contributed by atoms with Gasteiger partial charge in [0, 0.05) is 24.9 Å². The zero-order valence-electron chi connectivity index (χ0n) is 7.54. The first-order valence-electron chi connectivity index (χ1n) is 4.11. The Morgan fingerprint density at radius 1 is 1.14 bits per heavy atom. The van der Waals surface area contributed by atoms with E-state index in [1.165, 1.54) is 12.1 Å². The fourth-order valence-electron chi connectivity index (χ4n) is 1.27. The second-order valence-corrected chi connectivity index (χ2v) is 3.03. The highest BCUT2D eigenvalue weighted by Crippen LogP contribution is 2.19. The van der Waals surface area contributed by atoms with Gasteiger partial charge in [-0.15, -0.1) is 0 Å². The average Bonchev–Trinajstić information content (AvgIpc) is 2.50. The van der Waals surface area contributed by atoms with Crippen molar-refractivity contribution in [2.45, 2.75) is 0 Å². The van der Waals surface area contributed by atoms with Crippen LogP contribution in [0.3, 0.4) is 0 Å². The number of hydrogen-bond acceptors (Lipinski definition) is 1. The number of aromatic nitrogens is 2. The molecule has 0 N–H and O–H groups in total. The Balaban J connectivity index is 2.51. The molecule has 0 aliphatic heterocycles. The Kier molecular flexibility index (Phi) is 2.04. The number of hydrogen-bond donors (Lipinski definition) is 0. The van der Waals surface area contributed by atoms with Crippen molar-refractivity contribution in [2.24, 2.45) is 7.05 Å². The van der Waals surface area contributed by atoms with E-state index in [4.69, 9.17) is 0 Å². The Bertz CT molecular complexity index is 443. The molecule has 0 amide bonds. The molecule has 2 aromatic rings. The molecule has 0 atom stereocenters. The SMILES string of the molecule is Cn1ccc(-c2cc(F)cc(F)c2)n1. The summed E-state index contributed by atoms with van der Waals surface area (Å²) in [7, 11) is 1.75. The van der Waals surface area contributed by atoms with E-state index in [2.05, 4.69) is 5.10 Å². The molecule has 4 heteroatoms. The molecule has 0 unspecified atom stereocenters. The molecule has 1 aromatic carbocycles. The normalized spacial score (nSPS) is 10.5. The first kappa shape index (κ1) is 8.87. The standard InChI is InChI=1S/C10H8F2N2/c1-14-3-2-10(13-14)7-4-8(11)6-9(12)5-7/h2-6H,1H3. The Morgan fingerprint density at radius 3 is 2.29 bits per heavy atom. The lowest BCUT2D eigenvalue weighted by Crippen LogP contribution is -1.89. The van der Waals surface area contributed by atoms with E-state index in [0.29, 0.717) is 11.3 Å². The van der Waals surface area contributed by atoms with Crippen molar-refractivity contribution in [3.8, 4) is 11.3 Å². The number of halogens is 2. The van der Waals surface area contributed by atoms with Crippen molar-refractivity contribution in [1.82, 2.24) is 9.78 Å². The zero-order valence-corrected chi connectivity index (χ0v) is 7.54. The van der Waals surface area contributed by atoms with Crippen LogP contribution < -0.4 is 0 Å². The third-order valence-corrected chi connectivity index (χ3v) is 1.87. The highest BCUT2D eigenvalue weighted by Gasteiger charge is 2.04. The van der Waals surface area contributed by atoms with E-state index < -0.39 is 11.6 Å². The van der Waals surface area contributed by atoms with E-state index in [1.54, 1.807) is 24.0 Å². The lowest BCUT2D eigenvalue weighted by atomic mass is 10.1. The van der Waals surface area contributed by atoms with Crippen molar-refractivity contribution < 1.29 is 8.78 Å². The van der Waals surface area contributed by atoms with Crippen LogP contribution >= 0.6 is 0 Å². The van der Waals surface area contributed by atoms with Gasteiger partial charge in [0.05, 0.1) is 5.69 Å². The van der Waals surface area contributed by atoms with Gasteiger partial charge in [0.15, 0.2) is 0 Å². The topological polar surface area (TPSA) is 17.8 Å².